The predicted molar refractivity (Wildman–Crippen MR) is 101 cm³/mol. The van der Waals surface area contributed by atoms with Crippen molar-refractivity contribution in [3.8, 4) is 11.5 Å². The first kappa shape index (κ1) is 18.5. The van der Waals surface area contributed by atoms with E-state index in [1.54, 1.807) is 0 Å². The molecule has 1 amide bonds. The molecule has 4 rings (SSSR count). The van der Waals surface area contributed by atoms with E-state index in [-0.39, 0.29) is 24.4 Å². The lowest BCUT2D eigenvalue weighted by Crippen LogP contribution is -2.25. The van der Waals surface area contributed by atoms with Crippen molar-refractivity contribution < 1.29 is 14.3 Å². The van der Waals surface area contributed by atoms with Crippen LogP contribution in [0.15, 0.2) is 12.1 Å². The minimum atomic E-state index is -0.242. The summed E-state index contributed by atoms with van der Waals surface area (Å²) in [5.74, 6) is 1.22. The summed E-state index contributed by atoms with van der Waals surface area (Å²) in [5, 5.41) is 13.4. The number of carbonyl (C=O) groups is 1. The molecule has 0 saturated heterocycles. The van der Waals surface area contributed by atoms with Crippen LogP contribution in [0.1, 0.15) is 41.2 Å². The zero-order chi connectivity index (χ0) is 17.4. The van der Waals surface area contributed by atoms with Crippen molar-refractivity contribution in [2.45, 2.75) is 39.3 Å². The Labute approximate surface area is 158 Å². The molecule has 0 fully saturated rings. The fraction of sp³-hybridized carbons (Fsp3) is 0.444. The second-order valence-corrected chi connectivity index (χ2v) is 6.43. The average molecular weight is 379 g/mol. The number of amides is 1. The minimum Gasteiger partial charge on any atom is -0.492 e. The highest BCUT2D eigenvalue weighted by atomic mass is 35.5. The average Bonchev–Trinajstić information content (AvgIpc) is 3.17. The third-order valence-corrected chi connectivity index (χ3v) is 4.57. The monoisotopic (exact) mass is 378 g/mol. The number of fused-ring (bicyclic) bond motifs is 2. The molecule has 3 N–H and O–H groups in total. The molecule has 0 aliphatic carbocycles. The zero-order valence-corrected chi connectivity index (χ0v) is 15.7. The van der Waals surface area contributed by atoms with Gasteiger partial charge in [-0.1, -0.05) is 0 Å². The van der Waals surface area contributed by atoms with E-state index in [0.29, 0.717) is 30.3 Å². The number of benzene rings is 1. The topological polar surface area (TPSA) is 88.3 Å². The molecule has 3 heterocycles. The molecule has 1 unspecified atom stereocenters. The molecule has 8 heteroatoms. The second-order valence-electron chi connectivity index (χ2n) is 6.43. The van der Waals surface area contributed by atoms with Gasteiger partial charge in [0.25, 0.3) is 5.91 Å². The number of nitrogens with zero attached hydrogens (tertiary/aromatic N) is 1. The molecular formula is C18H23ClN4O3. The lowest BCUT2D eigenvalue weighted by atomic mass is 10.1. The van der Waals surface area contributed by atoms with E-state index in [1.807, 2.05) is 26.0 Å². The highest BCUT2D eigenvalue weighted by Crippen LogP contribution is 2.38. The molecule has 26 heavy (non-hydrogen) atoms. The fourth-order valence-electron chi connectivity index (χ4n) is 3.41. The molecule has 1 atom stereocenters. The molecule has 2 aliphatic rings. The Morgan fingerprint density at radius 3 is 3.12 bits per heavy atom. The number of anilines is 1. The van der Waals surface area contributed by atoms with E-state index in [9.17, 15) is 4.79 Å². The Bertz CT molecular complexity index is 821. The number of ether oxygens (including phenoxy) is 2. The first-order chi connectivity index (χ1) is 12.2. The first-order valence-corrected chi connectivity index (χ1v) is 8.70. The summed E-state index contributed by atoms with van der Waals surface area (Å²) < 4.78 is 11.5. The summed E-state index contributed by atoms with van der Waals surface area (Å²) in [4.78, 5) is 12.8. The highest BCUT2D eigenvalue weighted by molar-refractivity contribution is 6.05. The Morgan fingerprint density at radius 1 is 1.46 bits per heavy atom. The van der Waals surface area contributed by atoms with E-state index in [0.717, 1.165) is 42.0 Å². The minimum absolute atomic E-state index is 0. The van der Waals surface area contributed by atoms with Crippen LogP contribution in [0.25, 0.3) is 0 Å². The molecular weight excluding hydrogens is 356 g/mol. The quantitative estimate of drug-likeness (QED) is 0.760. The fourth-order valence-corrected chi connectivity index (χ4v) is 3.41. The van der Waals surface area contributed by atoms with Gasteiger partial charge in [0.2, 0.25) is 0 Å². The number of hydrogen-bond acceptors (Lipinski definition) is 5. The Hall–Kier alpha value is -2.25. The van der Waals surface area contributed by atoms with E-state index in [4.69, 9.17) is 9.47 Å². The van der Waals surface area contributed by atoms with Crippen LogP contribution < -0.4 is 20.1 Å². The van der Waals surface area contributed by atoms with Crippen LogP contribution in [0.4, 0.5) is 5.69 Å². The standard InChI is InChI=1S/C18H22N4O3.ClH/c1-3-24-16-7-11-6-10(2)25-15(11)8-14(16)20-18(23)17-12-9-19-5-4-13(12)21-22-17;/h7-8,10,19H,3-6,9H2,1-2H3,(H,20,23)(H,21,22);1H. The maximum atomic E-state index is 12.8. The molecule has 7 nitrogen and oxygen atoms in total. The Kier molecular flexibility index (Phi) is 5.38. The van der Waals surface area contributed by atoms with Crippen molar-refractivity contribution in [2.75, 3.05) is 18.5 Å². The zero-order valence-electron chi connectivity index (χ0n) is 14.8. The number of halogens is 1. The lowest BCUT2D eigenvalue weighted by molar-refractivity contribution is 0.102. The van der Waals surface area contributed by atoms with Crippen molar-refractivity contribution in [2.24, 2.45) is 0 Å². The Balaban J connectivity index is 0.00000196. The molecule has 0 spiro atoms. The van der Waals surface area contributed by atoms with Crippen LogP contribution >= 0.6 is 12.4 Å². The van der Waals surface area contributed by atoms with Crippen molar-refractivity contribution in [1.29, 1.82) is 0 Å². The van der Waals surface area contributed by atoms with Gasteiger partial charge in [-0.25, -0.2) is 0 Å². The maximum absolute atomic E-state index is 12.8. The maximum Gasteiger partial charge on any atom is 0.276 e. The summed E-state index contributed by atoms with van der Waals surface area (Å²) in [7, 11) is 0. The summed E-state index contributed by atoms with van der Waals surface area (Å²) in [6, 6.07) is 3.80. The number of hydrogen-bond donors (Lipinski definition) is 3. The third-order valence-electron chi connectivity index (χ3n) is 4.57. The molecule has 0 bridgehead atoms. The number of aromatic amines is 1. The van der Waals surface area contributed by atoms with Crippen molar-refractivity contribution in [1.82, 2.24) is 15.5 Å². The van der Waals surface area contributed by atoms with Crippen molar-refractivity contribution in [3.05, 3.63) is 34.6 Å². The van der Waals surface area contributed by atoms with Gasteiger partial charge in [-0.3, -0.25) is 9.89 Å². The van der Waals surface area contributed by atoms with Crippen LogP contribution in [0.3, 0.4) is 0 Å². The van der Waals surface area contributed by atoms with Gasteiger partial charge in [-0.05, 0) is 19.9 Å². The summed E-state index contributed by atoms with van der Waals surface area (Å²) in [6.07, 6.45) is 1.84. The number of rotatable bonds is 4. The van der Waals surface area contributed by atoms with Crippen molar-refractivity contribution >= 4 is 24.0 Å². The SMILES string of the molecule is CCOc1cc2c(cc1NC(=O)c1n[nH]c3c1CNCC3)OC(C)C2.Cl. The number of carbonyl (C=O) groups excluding carboxylic acids is 1. The number of H-pyrrole nitrogens is 1. The molecule has 1 aromatic carbocycles. The molecule has 0 saturated carbocycles. The van der Waals surface area contributed by atoms with Gasteiger partial charge in [0.15, 0.2) is 5.69 Å². The normalized spacial score (nSPS) is 17.5. The summed E-state index contributed by atoms with van der Waals surface area (Å²) >= 11 is 0. The third kappa shape index (κ3) is 3.37. The van der Waals surface area contributed by atoms with Crippen LogP contribution in [0, 0.1) is 0 Å². The van der Waals surface area contributed by atoms with E-state index in [1.165, 1.54) is 0 Å². The van der Waals surface area contributed by atoms with Gasteiger partial charge < -0.3 is 20.1 Å². The Morgan fingerprint density at radius 2 is 2.31 bits per heavy atom. The highest BCUT2D eigenvalue weighted by Gasteiger charge is 2.25. The lowest BCUT2D eigenvalue weighted by Gasteiger charge is -2.15. The van der Waals surface area contributed by atoms with E-state index in [2.05, 4.69) is 20.8 Å². The second kappa shape index (κ2) is 7.55. The van der Waals surface area contributed by atoms with Crippen LogP contribution in [-0.2, 0) is 19.4 Å². The number of nitrogens with one attached hydrogen (secondary N) is 3. The van der Waals surface area contributed by atoms with E-state index < -0.39 is 0 Å². The van der Waals surface area contributed by atoms with Gasteiger partial charge in [0.05, 0.1) is 12.3 Å². The van der Waals surface area contributed by atoms with Crippen LogP contribution in [0.5, 0.6) is 11.5 Å². The summed E-state index contributed by atoms with van der Waals surface area (Å²) in [5.41, 5.74) is 4.11. The van der Waals surface area contributed by atoms with Gasteiger partial charge in [0, 0.05) is 48.8 Å². The van der Waals surface area contributed by atoms with E-state index >= 15 is 0 Å². The van der Waals surface area contributed by atoms with Crippen LogP contribution in [-0.4, -0.2) is 35.4 Å². The predicted octanol–water partition coefficient (Wildman–Crippen LogP) is 2.45. The van der Waals surface area contributed by atoms with Gasteiger partial charge in [-0.15, -0.1) is 12.4 Å². The smallest absolute Gasteiger partial charge is 0.276 e. The molecule has 140 valence electrons. The van der Waals surface area contributed by atoms with Crippen molar-refractivity contribution in [3.63, 3.8) is 0 Å². The van der Waals surface area contributed by atoms with Gasteiger partial charge in [0.1, 0.15) is 17.6 Å². The molecule has 2 aromatic rings. The largest absolute Gasteiger partial charge is 0.492 e. The molecule has 0 radical (unpaired) electrons. The first-order valence-electron chi connectivity index (χ1n) is 8.70. The van der Waals surface area contributed by atoms with Gasteiger partial charge >= 0.3 is 0 Å². The van der Waals surface area contributed by atoms with Crippen LogP contribution in [0.2, 0.25) is 0 Å². The molecule has 1 aromatic heterocycles. The number of aromatic nitrogens is 2. The van der Waals surface area contributed by atoms with Gasteiger partial charge in [-0.2, -0.15) is 5.10 Å². The summed E-state index contributed by atoms with van der Waals surface area (Å²) in [6.45, 7) is 6.03. The molecule has 2 aliphatic heterocycles.